The quantitative estimate of drug-likeness (QED) is 0.755. The molecule has 5 nitrogen and oxygen atoms in total. The van der Waals surface area contributed by atoms with Gasteiger partial charge in [0.25, 0.3) is 0 Å². The molecule has 0 aromatic heterocycles. The molecule has 1 fully saturated rings. The molecule has 1 aliphatic carbocycles. The van der Waals surface area contributed by atoms with E-state index in [9.17, 15) is 4.79 Å². The molecule has 0 aliphatic heterocycles. The van der Waals surface area contributed by atoms with Crippen molar-refractivity contribution < 1.29 is 14.4 Å². The van der Waals surface area contributed by atoms with Crippen LogP contribution >= 0.6 is 0 Å². The van der Waals surface area contributed by atoms with Crippen LogP contribution in [0.1, 0.15) is 59.3 Å². The minimum Gasteiger partial charge on any atom is -0.442 e. The molecule has 0 heterocycles. The first-order chi connectivity index (χ1) is 8.92. The van der Waals surface area contributed by atoms with Crippen LogP contribution in [0.4, 0.5) is 4.79 Å². The van der Waals surface area contributed by atoms with Gasteiger partial charge in [-0.1, -0.05) is 19.3 Å². The number of hydrogen-bond donors (Lipinski definition) is 2. The lowest BCUT2D eigenvalue weighted by atomic mass is 9.84. The van der Waals surface area contributed by atoms with E-state index in [1.807, 2.05) is 20.8 Å². The maximum Gasteiger partial charge on any atom is 0.431 e. The summed E-state index contributed by atoms with van der Waals surface area (Å²) in [5.74, 6) is 0.493. The third-order valence-electron chi connectivity index (χ3n) is 3.32. The summed E-state index contributed by atoms with van der Waals surface area (Å²) < 4.78 is 5.15. The normalized spacial score (nSPS) is 18.9. The van der Waals surface area contributed by atoms with Gasteiger partial charge >= 0.3 is 6.09 Å². The van der Waals surface area contributed by atoms with Crippen LogP contribution in [-0.2, 0) is 9.57 Å². The molecule has 5 heteroatoms. The van der Waals surface area contributed by atoms with E-state index in [-0.39, 0.29) is 6.10 Å². The first-order valence-electron chi connectivity index (χ1n) is 7.27. The maximum absolute atomic E-state index is 11.6. The van der Waals surface area contributed by atoms with Crippen molar-refractivity contribution in [3.05, 3.63) is 0 Å². The van der Waals surface area contributed by atoms with Crippen LogP contribution in [0.15, 0.2) is 0 Å². The molecule has 1 unspecified atom stereocenters. The Hall–Kier alpha value is -0.810. The van der Waals surface area contributed by atoms with E-state index in [2.05, 4.69) is 5.48 Å². The molecular formula is C14H28N2O3. The average molecular weight is 272 g/mol. The monoisotopic (exact) mass is 272 g/mol. The van der Waals surface area contributed by atoms with Crippen molar-refractivity contribution in [3.8, 4) is 0 Å². The molecule has 1 rings (SSSR count). The molecule has 19 heavy (non-hydrogen) atoms. The molecule has 1 aliphatic rings. The van der Waals surface area contributed by atoms with E-state index in [1.54, 1.807) is 0 Å². The summed E-state index contributed by atoms with van der Waals surface area (Å²) in [6.45, 7) is 6.04. The number of hydroxylamine groups is 1. The third kappa shape index (κ3) is 6.78. The number of nitrogens with one attached hydrogen (secondary N) is 1. The molecule has 1 amide bonds. The molecule has 0 aromatic carbocycles. The van der Waals surface area contributed by atoms with Gasteiger partial charge in [-0.3, -0.25) is 4.84 Å². The summed E-state index contributed by atoms with van der Waals surface area (Å²) in [4.78, 5) is 17.1. The SMILES string of the molecule is CC(C)(C)OC(=O)NOC(CCN)C1CCCCC1. The Balaban J connectivity index is 2.38. The third-order valence-corrected chi connectivity index (χ3v) is 3.32. The van der Waals surface area contributed by atoms with Crippen LogP contribution in [-0.4, -0.2) is 24.3 Å². The largest absolute Gasteiger partial charge is 0.442 e. The summed E-state index contributed by atoms with van der Waals surface area (Å²) >= 11 is 0. The smallest absolute Gasteiger partial charge is 0.431 e. The van der Waals surface area contributed by atoms with Gasteiger partial charge in [-0.25, -0.2) is 4.79 Å². The highest BCUT2D eigenvalue weighted by molar-refractivity contribution is 5.66. The Morgan fingerprint density at radius 2 is 1.95 bits per heavy atom. The van der Waals surface area contributed by atoms with Gasteiger partial charge in [0.15, 0.2) is 0 Å². The summed E-state index contributed by atoms with van der Waals surface area (Å²) in [6.07, 6.45) is 6.30. The molecule has 1 saturated carbocycles. The summed E-state index contributed by atoms with van der Waals surface area (Å²) in [5.41, 5.74) is 7.51. The second-order valence-corrected chi connectivity index (χ2v) is 6.24. The van der Waals surface area contributed by atoms with E-state index in [1.165, 1.54) is 19.3 Å². The number of nitrogens with two attached hydrogens (primary N) is 1. The van der Waals surface area contributed by atoms with Gasteiger partial charge in [0.2, 0.25) is 0 Å². The van der Waals surface area contributed by atoms with Gasteiger partial charge in [-0.15, -0.1) is 0 Å². The second-order valence-electron chi connectivity index (χ2n) is 6.24. The molecular weight excluding hydrogens is 244 g/mol. The van der Waals surface area contributed by atoms with Gasteiger partial charge in [-0.05, 0) is 52.5 Å². The molecule has 0 aromatic rings. The molecule has 0 radical (unpaired) electrons. The second kappa shape index (κ2) is 7.70. The minimum atomic E-state index is -0.537. The highest BCUT2D eigenvalue weighted by Crippen LogP contribution is 2.28. The topological polar surface area (TPSA) is 73.6 Å². The summed E-state index contributed by atoms with van der Waals surface area (Å²) in [5, 5.41) is 0. The van der Waals surface area contributed by atoms with Crippen LogP contribution in [0.3, 0.4) is 0 Å². The van der Waals surface area contributed by atoms with E-state index in [0.717, 1.165) is 19.3 Å². The van der Waals surface area contributed by atoms with E-state index >= 15 is 0 Å². The fourth-order valence-electron chi connectivity index (χ4n) is 2.48. The Kier molecular flexibility index (Phi) is 6.58. The van der Waals surface area contributed by atoms with E-state index in [0.29, 0.717) is 12.5 Å². The van der Waals surface area contributed by atoms with Crippen LogP contribution in [0.2, 0.25) is 0 Å². The predicted molar refractivity (Wildman–Crippen MR) is 74.5 cm³/mol. The van der Waals surface area contributed by atoms with Crippen molar-refractivity contribution in [1.82, 2.24) is 5.48 Å². The van der Waals surface area contributed by atoms with E-state index < -0.39 is 11.7 Å². The number of ether oxygens (including phenoxy) is 1. The molecule has 0 saturated heterocycles. The zero-order chi connectivity index (χ0) is 14.3. The number of rotatable bonds is 5. The highest BCUT2D eigenvalue weighted by Gasteiger charge is 2.25. The first kappa shape index (κ1) is 16.2. The predicted octanol–water partition coefficient (Wildman–Crippen LogP) is 2.74. The molecule has 112 valence electrons. The summed E-state index contributed by atoms with van der Waals surface area (Å²) in [7, 11) is 0. The fraction of sp³-hybridized carbons (Fsp3) is 0.929. The van der Waals surface area contributed by atoms with Crippen LogP contribution in [0.5, 0.6) is 0 Å². The van der Waals surface area contributed by atoms with Crippen molar-refractivity contribution in [1.29, 1.82) is 0 Å². The Morgan fingerprint density at radius 1 is 1.32 bits per heavy atom. The fourth-order valence-corrected chi connectivity index (χ4v) is 2.48. The molecule has 1 atom stereocenters. The van der Waals surface area contributed by atoms with Gasteiger partial charge in [0.1, 0.15) is 5.60 Å². The number of carbonyl (C=O) groups excluding carboxylic acids is 1. The van der Waals surface area contributed by atoms with Gasteiger partial charge in [0, 0.05) is 0 Å². The summed E-state index contributed by atoms with van der Waals surface area (Å²) in [6, 6.07) is 0. The van der Waals surface area contributed by atoms with Crippen molar-refractivity contribution in [2.45, 2.75) is 71.0 Å². The number of hydrogen-bond acceptors (Lipinski definition) is 4. The van der Waals surface area contributed by atoms with Gasteiger partial charge < -0.3 is 10.5 Å². The first-order valence-corrected chi connectivity index (χ1v) is 7.27. The zero-order valence-electron chi connectivity index (χ0n) is 12.4. The number of amides is 1. The lowest BCUT2D eigenvalue weighted by Crippen LogP contribution is -2.39. The van der Waals surface area contributed by atoms with E-state index in [4.69, 9.17) is 15.3 Å². The maximum atomic E-state index is 11.6. The lowest BCUT2D eigenvalue weighted by molar-refractivity contribution is -0.0708. The van der Waals surface area contributed by atoms with Crippen molar-refractivity contribution >= 4 is 6.09 Å². The number of carbonyl (C=O) groups is 1. The average Bonchev–Trinajstić information content (AvgIpc) is 2.33. The molecule has 3 N–H and O–H groups in total. The highest BCUT2D eigenvalue weighted by atomic mass is 16.7. The molecule has 0 bridgehead atoms. The van der Waals surface area contributed by atoms with Crippen molar-refractivity contribution in [2.24, 2.45) is 11.7 Å². The van der Waals surface area contributed by atoms with Crippen LogP contribution in [0.25, 0.3) is 0 Å². The standard InChI is InChI=1S/C14H28N2O3/c1-14(2,3)18-13(17)16-19-12(9-10-15)11-7-5-4-6-8-11/h11-12H,4-10,15H2,1-3H3,(H,16,17). The molecule has 0 spiro atoms. The van der Waals surface area contributed by atoms with Crippen LogP contribution < -0.4 is 11.2 Å². The lowest BCUT2D eigenvalue weighted by Gasteiger charge is -2.30. The van der Waals surface area contributed by atoms with Crippen LogP contribution in [0, 0.1) is 5.92 Å². The Morgan fingerprint density at radius 3 is 2.47 bits per heavy atom. The van der Waals surface area contributed by atoms with Crippen molar-refractivity contribution in [3.63, 3.8) is 0 Å². The van der Waals surface area contributed by atoms with Gasteiger partial charge in [0.05, 0.1) is 6.10 Å². The van der Waals surface area contributed by atoms with Crippen molar-refractivity contribution in [2.75, 3.05) is 6.54 Å². The Labute approximate surface area is 116 Å². The minimum absolute atomic E-state index is 0.00202. The van der Waals surface area contributed by atoms with Gasteiger partial charge in [-0.2, -0.15) is 5.48 Å². The Bertz CT molecular complexity index is 270. The zero-order valence-corrected chi connectivity index (χ0v) is 12.4.